The number of methoxy groups -OCH3 is 1. The maximum absolute atomic E-state index is 13.5. The van der Waals surface area contributed by atoms with E-state index in [0.29, 0.717) is 12.2 Å². The number of para-hydroxylation sites is 1. The summed E-state index contributed by atoms with van der Waals surface area (Å²) >= 11 is 0. The van der Waals surface area contributed by atoms with Crippen molar-refractivity contribution >= 4 is 16.8 Å². The molecule has 1 N–H and O–H groups in total. The molecule has 0 spiro atoms. The minimum atomic E-state index is 0.108. The Labute approximate surface area is 179 Å². The van der Waals surface area contributed by atoms with Crippen LogP contribution in [-0.2, 0) is 22.5 Å². The van der Waals surface area contributed by atoms with Crippen LogP contribution in [0.4, 0.5) is 0 Å². The first-order valence-electron chi connectivity index (χ1n) is 11.1. The molecule has 0 aliphatic carbocycles. The highest BCUT2D eigenvalue weighted by Gasteiger charge is 2.29. The average Bonchev–Trinajstić information content (AvgIpc) is 3.04. The van der Waals surface area contributed by atoms with Crippen molar-refractivity contribution in [2.45, 2.75) is 64.6 Å². The lowest BCUT2D eigenvalue weighted by molar-refractivity contribution is -0.135. The number of unbranched alkanes of at least 4 members (excludes halogenated alkanes) is 1. The number of carbonyl (C=O) groups is 1. The van der Waals surface area contributed by atoms with Gasteiger partial charge in [-0.25, -0.2) is 0 Å². The number of nitrogens with zero attached hydrogens (tertiary/aromatic N) is 3. The number of nitriles is 1. The molecule has 6 heteroatoms. The van der Waals surface area contributed by atoms with E-state index in [1.54, 1.807) is 7.11 Å². The number of aryl methyl sites for hydroxylation is 1. The number of aromatic nitrogens is 1. The van der Waals surface area contributed by atoms with Crippen LogP contribution in [0.2, 0.25) is 0 Å². The van der Waals surface area contributed by atoms with E-state index in [4.69, 9.17) is 4.74 Å². The van der Waals surface area contributed by atoms with Crippen molar-refractivity contribution < 1.29 is 9.53 Å². The smallest absolute Gasteiger partial charge is 0.229 e. The molecule has 2 aromatic rings. The second-order valence-corrected chi connectivity index (χ2v) is 8.37. The Morgan fingerprint density at radius 3 is 2.83 bits per heavy atom. The van der Waals surface area contributed by atoms with E-state index < -0.39 is 0 Å². The molecule has 2 heterocycles. The Morgan fingerprint density at radius 1 is 1.37 bits per heavy atom. The number of rotatable bonds is 9. The number of hydrogen-bond donors (Lipinski definition) is 1. The topological polar surface area (TPSA) is 70.3 Å². The Kier molecular flexibility index (Phi) is 7.89. The van der Waals surface area contributed by atoms with Crippen molar-refractivity contribution in [1.82, 2.24) is 14.8 Å². The van der Waals surface area contributed by atoms with Gasteiger partial charge in [0, 0.05) is 55.5 Å². The summed E-state index contributed by atoms with van der Waals surface area (Å²) in [4.78, 5) is 15.5. The summed E-state index contributed by atoms with van der Waals surface area (Å²) in [6.07, 6.45) is 4.27. The summed E-state index contributed by atoms with van der Waals surface area (Å²) < 4.78 is 7.36. The number of benzene rings is 1. The SMILES string of the molecule is COCCCCn1c(CC(=O)N(C(C)C)[C@@H]2CCCNC2)c(C#N)c2ccccc21. The van der Waals surface area contributed by atoms with Crippen LogP contribution in [0.1, 0.15) is 50.8 Å². The van der Waals surface area contributed by atoms with E-state index in [9.17, 15) is 10.1 Å². The lowest BCUT2D eigenvalue weighted by Gasteiger charge is -2.37. The fraction of sp³-hybridized carbons (Fsp3) is 0.583. The number of amides is 1. The molecule has 1 fully saturated rings. The zero-order chi connectivity index (χ0) is 21.5. The van der Waals surface area contributed by atoms with Gasteiger partial charge in [-0.2, -0.15) is 5.26 Å². The molecule has 30 heavy (non-hydrogen) atoms. The minimum absolute atomic E-state index is 0.108. The van der Waals surface area contributed by atoms with Gasteiger partial charge in [0.15, 0.2) is 0 Å². The van der Waals surface area contributed by atoms with Crippen LogP contribution in [0.25, 0.3) is 10.9 Å². The fourth-order valence-corrected chi connectivity index (χ4v) is 4.66. The van der Waals surface area contributed by atoms with Gasteiger partial charge in [0.1, 0.15) is 6.07 Å². The maximum atomic E-state index is 13.5. The summed E-state index contributed by atoms with van der Waals surface area (Å²) in [6, 6.07) is 10.7. The van der Waals surface area contributed by atoms with Crippen LogP contribution < -0.4 is 5.32 Å². The van der Waals surface area contributed by atoms with Crippen molar-refractivity contribution in [3.63, 3.8) is 0 Å². The lowest BCUT2D eigenvalue weighted by atomic mass is 10.0. The molecule has 1 aliphatic heterocycles. The third kappa shape index (κ3) is 4.85. The van der Waals surface area contributed by atoms with Gasteiger partial charge in [0.05, 0.1) is 12.0 Å². The Balaban J connectivity index is 1.92. The van der Waals surface area contributed by atoms with Crippen molar-refractivity contribution in [2.75, 3.05) is 26.8 Å². The van der Waals surface area contributed by atoms with E-state index in [1.807, 2.05) is 29.2 Å². The predicted molar refractivity (Wildman–Crippen MR) is 119 cm³/mol. The molecule has 1 aliphatic rings. The summed E-state index contributed by atoms with van der Waals surface area (Å²) in [6.45, 7) is 7.52. The van der Waals surface area contributed by atoms with Gasteiger partial charge < -0.3 is 19.5 Å². The van der Waals surface area contributed by atoms with Crippen LogP contribution in [0.5, 0.6) is 0 Å². The summed E-state index contributed by atoms with van der Waals surface area (Å²) in [7, 11) is 1.71. The zero-order valence-electron chi connectivity index (χ0n) is 18.5. The summed E-state index contributed by atoms with van der Waals surface area (Å²) in [5.41, 5.74) is 2.51. The monoisotopic (exact) mass is 410 g/mol. The number of piperidine rings is 1. The minimum Gasteiger partial charge on any atom is -0.385 e. The highest BCUT2D eigenvalue weighted by atomic mass is 16.5. The highest BCUT2D eigenvalue weighted by Crippen LogP contribution is 2.28. The maximum Gasteiger partial charge on any atom is 0.229 e. The molecule has 1 saturated heterocycles. The number of fused-ring (bicyclic) bond motifs is 1. The van der Waals surface area contributed by atoms with Crippen molar-refractivity contribution in [1.29, 1.82) is 5.26 Å². The quantitative estimate of drug-likeness (QED) is 0.643. The van der Waals surface area contributed by atoms with Crippen molar-refractivity contribution in [3.8, 4) is 6.07 Å². The fourth-order valence-electron chi connectivity index (χ4n) is 4.66. The summed E-state index contributed by atoms with van der Waals surface area (Å²) in [5.74, 6) is 0.108. The average molecular weight is 411 g/mol. The van der Waals surface area contributed by atoms with Gasteiger partial charge in [0.25, 0.3) is 0 Å². The molecular weight excluding hydrogens is 376 g/mol. The van der Waals surface area contributed by atoms with E-state index >= 15 is 0 Å². The first-order valence-corrected chi connectivity index (χ1v) is 11.1. The highest BCUT2D eigenvalue weighted by molar-refractivity contribution is 5.90. The van der Waals surface area contributed by atoms with E-state index in [1.165, 1.54) is 0 Å². The van der Waals surface area contributed by atoms with E-state index in [-0.39, 0.29) is 24.4 Å². The molecule has 0 radical (unpaired) electrons. The molecule has 162 valence electrons. The van der Waals surface area contributed by atoms with Crippen molar-refractivity contribution in [3.05, 3.63) is 35.5 Å². The first kappa shape index (κ1) is 22.3. The molecule has 0 unspecified atom stereocenters. The molecule has 0 bridgehead atoms. The van der Waals surface area contributed by atoms with E-state index in [0.717, 1.165) is 61.9 Å². The lowest BCUT2D eigenvalue weighted by Crippen LogP contribution is -2.52. The third-order valence-electron chi connectivity index (χ3n) is 6.00. The molecule has 3 rings (SSSR count). The van der Waals surface area contributed by atoms with Crippen LogP contribution in [0, 0.1) is 11.3 Å². The largest absolute Gasteiger partial charge is 0.385 e. The molecule has 1 amide bonds. The third-order valence-corrected chi connectivity index (χ3v) is 6.00. The molecule has 0 saturated carbocycles. The van der Waals surface area contributed by atoms with Crippen LogP contribution in [0.15, 0.2) is 24.3 Å². The van der Waals surface area contributed by atoms with Gasteiger partial charge in [-0.1, -0.05) is 18.2 Å². The number of ether oxygens (including phenoxy) is 1. The summed E-state index contributed by atoms with van der Waals surface area (Å²) in [5, 5.41) is 14.3. The normalized spacial score (nSPS) is 16.7. The van der Waals surface area contributed by atoms with Crippen LogP contribution in [-0.4, -0.2) is 54.3 Å². The molecule has 1 aromatic carbocycles. The van der Waals surface area contributed by atoms with Gasteiger partial charge >= 0.3 is 0 Å². The van der Waals surface area contributed by atoms with E-state index in [2.05, 4.69) is 29.8 Å². The Bertz CT molecular complexity index is 890. The number of carbonyl (C=O) groups excluding carboxylic acids is 1. The number of hydrogen-bond acceptors (Lipinski definition) is 4. The first-order chi connectivity index (χ1) is 14.6. The molecule has 1 atom stereocenters. The molecule has 1 aromatic heterocycles. The van der Waals surface area contributed by atoms with Crippen molar-refractivity contribution in [2.24, 2.45) is 0 Å². The van der Waals surface area contributed by atoms with Gasteiger partial charge in [-0.05, 0) is 52.1 Å². The van der Waals surface area contributed by atoms with Crippen LogP contribution in [0.3, 0.4) is 0 Å². The van der Waals surface area contributed by atoms with Gasteiger partial charge in [-0.3, -0.25) is 4.79 Å². The van der Waals surface area contributed by atoms with Gasteiger partial charge in [0.2, 0.25) is 5.91 Å². The Hall–Kier alpha value is -2.36. The number of nitrogens with one attached hydrogen (secondary N) is 1. The molecular formula is C24H34N4O2. The zero-order valence-corrected chi connectivity index (χ0v) is 18.5. The molecule has 6 nitrogen and oxygen atoms in total. The van der Waals surface area contributed by atoms with Crippen LogP contribution >= 0.6 is 0 Å². The second-order valence-electron chi connectivity index (χ2n) is 8.37. The Morgan fingerprint density at radius 2 is 2.17 bits per heavy atom. The van der Waals surface area contributed by atoms with Gasteiger partial charge in [-0.15, -0.1) is 0 Å². The second kappa shape index (κ2) is 10.6. The predicted octanol–water partition coefficient (Wildman–Crippen LogP) is 3.47. The standard InChI is InChI=1S/C24H34N4O2/c1-18(2)28(19-9-8-12-26-17-19)24(29)15-23-21(16-25)20-10-4-5-11-22(20)27(23)13-6-7-14-30-3/h4-5,10-11,18-19,26H,6-9,12-15,17H2,1-3H3/t19-/m1/s1.